The zero-order chi connectivity index (χ0) is 19.8. The number of hydrogen-bond acceptors (Lipinski definition) is 8. The second-order valence-corrected chi connectivity index (χ2v) is 7.88. The molecule has 4 rings (SSSR count). The van der Waals surface area contributed by atoms with Crippen molar-refractivity contribution in [3.05, 3.63) is 45.7 Å². The molecular weight excluding hydrogens is 378 g/mol. The highest BCUT2D eigenvalue weighted by Crippen LogP contribution is 2.35. The van der Waals surface area contributed by atoms with Crippen molar-refractivity contribution in [2.75, 3.05) is 6.54 Å². The number of phenols is 1. The first kappa shape index (κ1) is 18.6. The Morgan fingerprint density at radius 3 is 2.89 bits per heavy atom. The molecule has 2 atom stereocenters. The number of carbonyl (C=O) groups is 1. The van der Waals surface area contributed by atoms with Crippen molar-refractivity contribution in [3.63, 3.8) is 0 Å². The van der Waals surface area contributed by atoms with Crippen molar-refractivity contribution in [1.29, 1.82) is 0 Å². The number of carbonyl (C=O) groups excluding carboxylic acids is 1. The van der Waals surface area contributed by atoms with Crippen LogP contribution in [0.2, 0.25) is 0 Å². The van der Waals surface area contributed by atoms with Crippen LogP contribution in [0.1, 0.15) is 58.8 Å². The first-order valence-electron chi connectivity index (χ1n) is 9.09. The van der Waals surface area contributed by atoms with E-state index in [0.29, 0.717) is 23.6 Å². The van der Waals surface area contributed by atoms with E-state index in [0.717, 1.165) is 23.5 Å². The Bertz CT molecular complexity index is 1010. The summed E-state index contributed by atoms with van der Waals surface area (Å²) in [6.07, 6.45) is 1.80. The smallest absolute Gasteiger partial charge is 0.254 e. The number of amides is 1. The summed E-state index contributed by atoms with van der Waals surface area (Å²) in [5.41, 5.74) is 7.56. The van der Waals surface area contributed by atoms with E-state index in [1.54, 1.807) is 24.3 Å². The van der Waals surface area contributed by atoms with Gasteiger partial charge in [0.25, 0.3) is 5.91 Å². The third kappa shape index (κ3) is 3.50. The molecular formula is C19H21N5O3S. The van der Waals surface area contributed by atoms with Gasteiger partial charge in [-0.05, 0) is 44.9 Å². The number of aromatic nitrogens is 3. The summed E-state index contributed by atoms with van der Waals surface area (Å²) in [5.74, 6) is 0.317. The average Bonchev–Trinajstić information content (AvgIpc) is 3.40. The maximum atomic E-state index is 13.2. The molecule has 0 bridgehead atoms. The van der Waals surface area contributed by atoms with E-state index in [9.17, 15) is 9.90 Å². The lowest BCUT2D eigenvalue weighted by atomic mass is 10.1. The maximum absolute atomic E-state index is 13.2. The van der Waals surface area contributed by atoms with Crippen LogP contribution < -0.4 is 5.73 Å². The van der Waals surface area contributed by atoms with Crippen molar-refractivity contribution < 1.29 is 14.3 Å². The molecule has 1 amide bonds. The zero-order valence-electron chi connectivity index (χ0n) is 15.6. The molecule has 146 valence electrons. The first-order valence-corrected chi connectivity index (χ1v) is 9.96. The van der Waals surface area contributed by atoms with Gasteiger partial charge in [0.05, 0.1) is 12.1 Å². The number of likely N-dealkylation sites (tertiary alicyclic amines) is 1. The third-order valence-corrected chi connectivity index (χ3v) is 5.74. The van der Waals surface area contributed by atoms with Crippen LogP contribution in [0.25, 0.3) is 11.5 Å². The van der Waals surface area contributed by atoms with E-state index >= 15 is 0 Å². The molecule has 0 spiro atoms. The van der Waals surface area contributed by atoms with E-state index in [4.69, 9.17) is 10.2 Å². The number of rotatable bonds is 4. The Morgan fingerprint density at radius 2 is 2.21 bits per heavy atom. The maximum Gasteiger partial charge on any atom is 0.254 e. The van der Waals surface area contributed by atoms with Gasteiger partial charge in [-0.3, -0.25) is 4.79 Å². The van der Waals surface area contributed by atoms with Gasteiger partial charge in [0, 0.05) is 28.7 Å². The lowest BCUT2D eigenvalue weighted by Gasteiger charge is -2.23. The fourth-order valence-electron chi connectivity index (χ4n) is 3.35. The van der Waals surface area contributed by atoms with Crippen molar-refractivity contribution in [3.8, 4) is 17.2 Å². The molecule has 1 aromatic carbocycles. The molecule has 0 unspecified atom stereocenters. The number of benzene rings is 1. The summed E-state index contributed by atoms with van der Waals surface area (Å²) in [6.45, 7) is 4.34. The van der Waals surface area contributed by atoms with Crippen molar-refractivity contribution in [2.24, 2.45) is 5.73 Å². The van der Waals surface area contributed by atoms with Crippen LogP contribution in [0.15, 0.2) is 28.0 Å². The van der Waals surface area contributed by atoms with Gasteiger partial charge in [0.15, 0.2) is 0 Å². The third-order valence-electron chi connectivity index (χ3n) is 4.68. The van der Waals surface area contributed by atoms with Crippen LogP contribution in [-0.4, -0.2) is 37.6 Å². The predicted octanol–water partition coefficient (Wildman–Crippen LogP) is 3.20. The van der Waals surface area contributed by atoms with Crippen LogP contribution >= 0.6 is 11.3 Å². The van der Waals surface area contributed by atoms with Crippen LogP contribution in [0.5, 0.6) is 5.75 Å². The Balaban J connectivity index is 1.64. The lowest BCUT2D eigenvalue weighted by Crippen LogP contribution is -2.30. The molecule has 1 fully saturated rings. The molecule has 28 heavy (non-hydrogen) atoms. The molecule has 3 heterocycles. The fraction of sp³-hybridized carbons (Fsp3) is 0.368. The number of aromatic hydroxyl groups is 1. The molecule has 9 heteroatoms. The molecule has 8 nitrogen and oxygen atoms in total. The highest BCUT2D eigenvalue weighted by Gasteiger charge is 2.33. The predicted molar refractivity (Wildman–Crippen MR) is 104 cm³/mol. The van der Waals surface area contributed by atoms with Gasteiger partial charge < -0.3 is 20.2 Å². The molecule has 0 radical (unpaired) electrons. The Kier molecular flexibility index (Phi) is 4.86. The molecule has 3 N–H and O–H groups in total. The van der Waals surface area contributed by atoms with Crippen LogP contribution in [0, 0.1) is 6.92 Å². The number of thiazole rings is 1. The summed E-state index contributed by atoms with van der Waals surface area (Å²) in [5, 5.41) is 21.0. The van der Waals surface area contributed by atoms with E-state index < -0.39 is 6.04 Å². The normalized spacial score (nSPS) is 17.8. The highest BCUT2D eigenvalue weighted by molar-refractivity contribution is 7.09. The molecule has 2 aromatic heterocycles. The van der Waals surface area contributed by atoms with Gasteiger partial charge in [0.1, 0.15) is 10.8 Å². The minimum absolute atomic E-state index is 0.0369. The summed E-state index contributed by atoms with van der Waals surface area (Å²) in [7, 11) is 0. The summed E-state index contributed by atoms with van der Waals surface area (Å²) in [4.78, 5) is 19.6. The fourth-order valence-corrected chi connectivity index (χ4v) is 4.29. The molecule has 1 saturated heterocycles. The van der Waals surface area contributed by atoms with Gasteiger partial charge in [0.2, 0.25) is 11.8 Å². The summed E-state index contributed by atoms with van der Waals surface area (Å²) in [6, 6.07) is 4.16. The van der Waals surface area contributed by atoms with E-state index in [1.807, 2.05) is 17.2 Å². The second kappa shape index (κ2) is 7.33. The van der Waals surface area contributed by atoms with Crippen molar-refractivity contribution >= 4 is 17.2 Å². The number of nitrogens with two attached hydrogens (primary N) is 1. The summed E-state index contributed by atoms with van der Waals surface area (Å²) >= 11 is 1.57. The quantitative estimate of drug-likeness (QED) is 0.691. The first-order chi connectivity index (χ1) is 13.4. The van der Waals surface area contributed by atoms with Gasteiger partial charge in [-0.15, -0.1) is 21.5 Å². The monoisotopic (exact) mass is 399 g/mol. The van der Waals surface area contributed by atoms with E-state index in [-0.39, 0.29) is 23.6 Å². The van der Waals surface area contributed by atoms with Gasteiger partial charge in [-0.1, -0.05) is 0 Å². The highest BCUT2D eigenvalue weighted by atomic mass is 32.1. The van der Waals surface area contributed by atoms with E-state index in [2.05, 4.69) is 15.2 Å². The molecule has 0 saturated carbocycles. The SMILES string of the molecule is Cc1csc([C@H]2CCCN2C(=O)c2cc(O)cc(-c3nnc([C@H](C)N)o3)c2)n1. The number of nitrogens with zero attached hydrogens (tertiary/aromatic N) is 4. The topological polar surface area (TPSA) is 118 Å². The Morgan fingerprint density at radius 1 is 1.39 bits per heavy atom. The van der Waals surface area contributed by atoms with Crippen LogP contribution in [0.3, 0.4) is 0 Å². The molecule has 1 aliphatic heterocycles. The standard InChI is InChI=1S/C19H21N5O3S/c1-10-9-28-18(21-10)15-4-3-5-24(15)19(26)13-6-12(7-14(25)8-13)17-23-22-16(27-17)11(2)20/h6-9,11,15,25H,3-5,20H2,1-2H3/t11-,15+/m0/s1. The zero-order valence-corrected chi connectivity index (χ0v) is 16.4. The Labute approximate surface area is 166 Å². The minimum Gasteiger partial charge on any atom is -0.508 e. The summed E-state index contributed by atoms with van der Waals surface area (Å²) < 4.78 is 5.55. The largest absolute Gasteiger partial charge is 0.508 e. The molecule has 1 aliphatic rings. The Hall–Kier alpha value is -2.78. The van der Waals surface area contributed by atoms with E-state index in [1.165, 1.54) is 12.1 Å². The van der Waals surface area contributed by atoms with Crippen molar-refractivity contribution in [2.45, 2.75) is 38.8 Å². The molecule has 3 aromatic rings. The number of hydrogen-bond donors (Lipinski definition) is 2. The van der Waals surface area contributed by atoms with Gasteiger partial charge in [-0.2, -0.15) is 0 Å². The van der Waals surface area contributed by atoms with Gasteiger partial charge in [-0.25, -0.2) is 4.98 Å². The van der Waals surface area contributed by atoms with Crippen LogP contribution in [-0.2, 0) is 0 Å². The second-order valence-electron chi connectivity index (χ2n) is 6.99. The van der Waals surface area contributed by atoms with Crippen molar-refractivity contribution in [1.82, 2.24) is 20.1 Å². The minimum atomic E-state index is -0.397. The van der Waals surface area contributed by atoms with Crippen LogP contribution in [0.4, 0.5) is 0 Å². The number of aryl methyl sites for hydroxylation is 1. The molecule has 0 aliphatic carbocycles. The van der Waals surface area contributed by atoms with Gasteiger partial charge >= 0.3 is 0 Å². The lowest BCUT2D eigenvalue weighted by molar-refractivity contribution is 0.0735. The average molecular weight is 399 g/mol. The number of phenolic OH excluding ortho intramolecular Hbond substituents is 1.